The van der Waals surface area contributed by atoms with E-state index in [0.717, 1.165) is 22.3 Å². The number of tetrazole rings is 1. The summed E-state index contributed by atoms with van der Waals surface area (Å²) in [5.74, 6) is -2.28. The number of rotatable bonds is 18. The summed E-state index contributed by atoms with van der Waals surface area (Å²) in [6.45, 7) is 7.17. The standard InChI is InChI=1S/C34H38N8O12/c1-6-9-27-35-30(34(4,5)45)28(40(27)17-21-12-14-22(15-13-21)23-10-7-8-11-24(23)31-36-38-39-37-31)32(43)50-18-26-25(51-33(44)52-26)16-19(2)29(54-42(48)49)20(3)53-41(46)47/h7-8,10-15,19-20,29,45H,6,9,16-18H2,1-5H3,(H,36,37,38,39). The van der Waals surface area contributed by atoms with Gasteiger partial charge in [-0.1, -0.05) is 62.4 Å². The Labute approximate surface area is 306 Å². The normalized spacial score (nSPS) is 13.2. The summed E-state index contributed by atoms with van der Waals surface area (Å²) >= 11 is 0. The summed E-state index contributed by atoms with van der Waals surface area (Å²) in [6, 6.07) is 15.3. The molecule has 0 spiro atoms. The van der Waals surface area contributed by atoms with E-state index in [4.69, 9.17) is 13.6 Å². The molecule has 20 heteroatoms. The van der Waals surface area contributed by atoms with E-state index < -0.39 is 52.3 Å². The quantitative estimate of drug-likeness (QED) is 0.0721. The van der Waals surface area contributed by atoms with Crippen molar-refractivity contribution >= 4 is 5.97 Å². The summed E-state index contributed by atoms with van der Waals surface area (Å²) in [4.78, 5) is 61.9. The Morgan fingerprint density at radius 3 is 2.30 bits per heavy atom. The van der Waals surface area contributed by atoms with Crippen molar-refractivity contribution in [1.82, 2.24) is 30.2 Å². The van der Waals surface area contributed by atoms with Gasteiger partial charge in [-0.2, -0.15) is 5.21 Å². The molecule has 0 bridgehead atoms. The minimum absolute atomic E-state index is 0.0246. The van der Waals surface area contributed by atoms with Crippen molar-refractivity contribution in [2.75, 3.05) is 0 Å². The van der Waals surface area contributed by atoms with Crippen LogP contribution in [0.25, 0.3) is 22.5 Å². The first-order chi connectivity index (χ1) is 25.7. The SMILES string of the molecule is CCCc1nc(C(C)(C)O)c(C(=O)OCc2oc(=O)oc2CC(C)C(O[N+](=O)[O-])C(C)O[N+](=O)[O-])n1Cc1ccc(-c2ccccc2-c2nn[nH]n2)cc1. The van der Waals surface area contributed by atoms with Gasteiger partial charge >= 0.3 is 11.8 Å². The summed E-state index contributed by atoms with van der Waals surface area (Å²) < 4.78 is 17.6. The van der Waals surface area contributed by atoms with Crippen molar-refractivity contribution in [1.29, 1.82) is 0 Å². The van der Waals surface area contributed by atoms with E-state index in [-0.39, 0.29) is 35.9 Å². The molecule has 0 aliphatic carbocycles. The number of H-pyrrole nitrogens is 1. The molecule has 3 aromatic heterocycles. The van der Waals surface area contributed by atoms with E-state index in [1.54, 1.807) is 4.57 Å². The molecule has 2 aromatic carbocycles. The zero-order chi connectivity index (χ0) is 39.2. The van der Waals surface area contributed by atoms with Gasteiger partial charge in [-0.15, -0.1) is 30.4 Å². The van der Waals surface area contributed by atoms with E-state index in [1.807, 2.05) is 55.5 Å². The maximum Gasteiger partial charge on any atom is 0.519 e. The highest BCUT2D eigenvalue weighted by Crippen LogP contribution is 2.31. The molecule has 54 heavy (non-hydrogen) atoms. The molecule has 3 heterocycles. The molecule has 3 atom stereocenters. The third-order valence-corrected chi connectivity index (χ3v) is 8.46. The molecule has 0 aliphatic heterocycles. The first-order valence-corrected chi connectivity index (χ1v) is 16.8. The number of aromatic nitrogens is 6. The van der Waals surface area contributed by atoms with Gasteiger partial charge < -0.3 is 32.9 Å². The first-order valence-electron chi connectivity index (χ1n) is 16.8. The van der Waals surface area contributed by atoms with Crippen molar-refractivity contribution in [3.05, 3.63) is 114 Å². The molecule has 286 valence electrons. The van der Waals surface area contributed by atoms with Gasteiger partial charge in [0, 0.05) is 24.9 Å². The predicted octanol–water partition coefficient (Wildman–Crippen LogP) is 4.21. The predicted molar refractivity (Wildman–Crippen MR) is 184 cm³/mol. The number of imidazole rings is 1. The number of carbonyl (C=O) groups is 1. The van der Waals surface area contributed by atoms with Crippen molar-refractivity contribution in [3.63, 3.8) is 0 Å². The summed E-state index contributed by atoms with van der Waals surface area (Å²) in [5.41, 5.74) is 1.84. The number of aromatic amines is 1. The van der Waals surface area contributed by atoms with Crippen LogP contribution in [0.2, 0.25) is 0 Å². The Morgan fingerprint density at radius 2 is 1.69 bits per heavy atom. The van der Waals surface area contributed by atoms with Crippen LogP contribution in [0.15, 0.2) is 62.2 Å². The van der Waals surface area contributed by atoms with Crippen LogP contribution in [0.4, 0.5) is 0 Å². The highest BCUT2D eigenvalue weighted by atomic mass is 17.0. The lowest BCUT2D eigenvalue weighted by atomic mass is 9.95. The van der Waals surface area contributed by atoms with Crippen LogP contribution in [0.3, 0.4) is 0 Å². The second-order valence-electron chi connectivity index (χ2n) is 13.0. The smallest absolute Gasteiger partial charge is 0.453 e. The second kappa shape index (κ2) is 16.5. The molecular formula is C34H38N8O12. The highest BCUT2D eigenvalue weighted by Gasteiger charge is 2.35. The average Bonchev–Trinajstić information content (AvgIpc) is 3.86. The fourth-order valence-electron chi connectivity index (χ4n) is 6.05. The minimum atomic E-state index is -1.57. The zero-order valence-corrected chi connectivity index (χ0v) is 30.0. The number of nitrogens with zero attached hydrogens (tertiary/aromatic N) is 7. The Morgan fingerprint density at radius 1 is 1.02 bits per heavy atom. The molecule has 5 rings (SSSR count). The number of carbonyl (C=O) groups excluding carboxylic acids is 1. The van der Waals surface area contributed by atoms with Crippen LogP contribution < -0.4 is 5.82 Å². The lowest BCUT2D eigenvalue weighted by Gasteiger charge is -2.25. The molecule has 3 unspecified atom stereocenters. The fraction of sp³-hybridized carbons (Fsp3) is 0.412. The van der Waals surface area contributed by atoms with E-state index in [1.165, 1.54) is 27.7 Å². The van der Waals surface area contributed by atoms with Gasteiger partial charge in [0.25, 0.3) is 10.2 Å². The third kappa shape index (κ3) is 9.13. The lowest BCUT2D eigenvalue weighted by molar-refractivity contribution is -0.799. The molecule has 0 aliphatic rings. The fourth-order valence-corrected chi connectivity index (χ4v) is 6.05. The number of nitrogens with one attached hydrogen (secondary N) is 1. The van der Waals surface area contributed by atoms with Crippen LogP contribution in [0.5, 0.6) is 0 Å². The topological polar surface area (TPSA) is 267 Å². The number of benzene rings is 2. The Bertz CT molecular complexity index is 2130. The van der Waals surface area contributed by atoms with E-state index in [9.17, 15) is 34.9 Å². The van der Waals surface area contributed by atoms with Gasteiger partial charge in [-0.3, -0.25) is 0 Å². The van der Waals surface area contributed by atoms with Crippen LogP contribution in [0, 0.1) is 26.1 Å². The van der Waals surface area contributed by atoms with E-state index in [0.29, 0.717) is 24.5 Å². The van der Waals surface area contributed by atoms with Gasteiger partial charge in [0.1, 0.15) is 29.3 Å². The number of ether oxygens (including phenoxy) is 1. The summed E-state index contributed by atoms with van der Waals surface area (Å²) in [6.07, 6.45) is -1.92. The molecule has 0 fully saturated rings. The summed E-state index contributed by atoms with van der Waals surface area (Å²) in [7, 11) is 0. The molecule has 20 nitrogen and oxygen atoms in total. The van der Waals surface area contributed by atoms with Crippen LogP contribution >= 0.6 is 0 Å². The van der Waals surface area contributed by atoms with Crippen molar-refractivity contribution in [2.24, 2.45) is 5.92 Å². The minimum Gasteiger partial charge on any atom is -0.453 e. The van der Waals surface area contributed by atoms with Gasteiger partial charge in [0.05, 0.1) is 0 Å². The van der Waals surface area contributed by atoms with Crippen LogP contribution in [-0.4, -0.2) is 63.6 Å². The molecule has 5 aromatic rings. The lowest BCUT2D eigenvalue weighted by Crippen LogP contribution is -2.38. The maximum atomic E-state index is 13.9. The Kier molecular flexibility index (Phi) is 11.8. The largest absolute Gasteiger partial charge is 0.519 e. The summed E-state index contributed by atoms with van der Waals surface area (Å²) in [5, 5.41) is 45.2. The number of hydrogen-bond donors (Lipinski definition) is 2. The van der Waals surface area contributed by atoms with Crippen LogP contribution in [-0.2, 0) is 46.0 Å². The van der Waals surface area contributed by atoms with Gasteiger partial charge in [0.2, 0.25) is 5.82 Å². The maximum absolute atomic E-state index is 13.9. The Balaban J connectivity index is 1.41. The number of aliphatic hydroxyl groups is 1. The van der Waals surface area contributed by atoms with Gasteiger partial charge in [-0.05, 0) is 55.0 Å². The molecule has 0 saturated heterocycles. The molecule has 2 N–H and O–H groups in total. The Hall–Kier alpha value is -6.44. The molecule has 0 amide bonds. The van der Waals surface area contributed by atoms with Crippen LogP contribution in [0.1, 0.15) is 80.1 Å². The third-order valence-electron chi connectivity index (χ3n) is 8.46. The second-order valence-corrected chi connectivity index (χ2v) is 13.0. The molecule has 0 saturated carbocycles. The monoisotopic (exact) mass is 750 g/mol. The van der Waals surface area contributed by atoms with Crippen molar-refractivity contribution in [3.8, 4) is 22.5 Å². The number of esters is 1. The average molecular weight is 751 g/mol. The van der Waals surface area contributed by atoms with E-state index in [2.05, 4.69) is 35.3 Å². The van der Waals surface area contributed by atoms with Gasteiger partial charge in [-0.25, -0.2) is 14.6 Å². The number of hydrogen-bond acceptors (Lipinski definition) is 16. The number of aryl methyl sites for hydroxylation is 1. The van der Waals surface area contributed by atoms with Crippen molar-refractivity contribution in [2.45, 2.75) is 84.8 Å². The van der Waals surface area contributed by atoms with Crippen molar-refractivity contribution < 1.29 is 43.3 Å². The first kappa shape index (κ1) is 38.8. The molecular weight excluding hydrogens is 712 g/mol. The molecule has 0 radical (unpaired) electrons. The zero-order valence-electron chi connectivity index (χ0n) is 30.0. The highest BCUT2D eigenvalue weighted by molar-refractivity contribution is 5.89. The van der Waals surface area contributed by atoms with Gasteiger partial charge in [0.15, 0.2) is 23.8 Å². The van der Waals surface area contributed by atoms with E-state index >= 15 is 0 Å².